The van der Waals surface area contributed by atoms with Crippen LogP contribution in [0.2, 0.25) is 0 Å². The van der Waals surface area contributed by atoms with E-state index in [1.54, 1.807) is 12.1 Å². The van der Waals surface area contributed by atoms with Gasteiger partial charge in [-0.25, -0.2) is 13.6 Å². The zero-order valence-corrected chi connectivity index (χ0v) is 26.6. The smallest absolute Gasteiger partial charge is 0.408 e. The van der Waals surface area contributed by atoms with E-state index in [2.05, 4.69) is 5.32 Å². The van der Waals surface area contributed by atoms with Crippen molar-refractivity contribution in [2.45, 2.75) is 70.9 Å². The highest BCUT2D eigenvalue weighted by Crippen LogP contribution is 2.15. The third kappa shape index (κ3) is 12.3. The van der Waals surface area contributed by atoms with E-state index >= 15 is 0 Å². The number of amides is 2. The Morgan fingerprint density at radius 3 is 2.29 bits per heavy atom. The Bertz CT molecular complexity index is 1390. The first-order valence-electron chi connectivity index (χ1n) is 15.1. The normalized spacial score (nSPS) is 13.8. The van der Waals surface area contributed by atoms with E-state index in [4.69, 9.17) is 10.5 Å². The summed E-state index contributed by atoms with van der Waals surface area (Å²) < 4.78 is 45.8. The number of nitrogens with one attached hydrogen (secondary N) is 1. The molecule has 3 aromatic rings. The molecule has 1 unspecified atom stereocenters. The second-order valence-corrected chi connectivity index (χ2v) is 12.6. The van der Waals surface area contributed by atoms with Crippen LogP contribution in [0.25, 0.3) is 0 Å². The van der Waals surface area contributed by atoms with E-state index in [1.807, 2.05) is 56.3 Å². The first-order chi connectivity index (χ1) is 21.6. The number of halogens is 2. The molecule has 0 saturated heterocycles. The Morgan fingerprint density at radius 1 is 0.956 bits per heavy atom. The van der Waals surface area contributed by atoms with Crippen molar-refractivity contribution in [3.63, 3.8) is 0 Å². The summed E-state index contributed by atoms with van der Waals surface area (Å²) in [4.78, 5) is 28.3. The maximum absolute atomic E-state index is 14.1. The van der Waals surface area contributed by atoms with Gasteiger partial charge in [-0.3, -0.25) is 9.00 Å². The molecule has 0 spiro atoms. The molecule has 0 radical (unpaired) electrons. The average Bonchev–Trinajstić information content (AvgIpc) is 3.01. The van der Waals surface area contributed by atoms with Crippen molar-refractivity contribution >= 4 is 22.8 Å². The summed E-state index contributed by atoms with van der Waals surface area (Å²) >= 11 is 0. The van der Waals surface area contributed by atoms with Gasteiger partial charge in [0.2, 0.25) is 5.91 Å². The lowest BCUT2D eigenvalue weighted by Gasteiger charge is -2.31. The number of ether oxygens (including phenoxy) is 1. The minimum atomic E-state index is -1.42. The molecule has 3 aromatic carbocycles. The number of rotatable bonds is 17. The molecule has 0 aliphatic heterocycles. The average molecular weight is 644 g/mol. The van der Waals surface area contributed by atoms with Crippen LogP contribution in [0.4, 0.5) is 13.6 Å². The van der Waals surface area contributed by atoms with Crippen LogP contribution >= 0.6 is 0 Å². The maximum atomic E-state index is 14.1. The van der Waals surface area contributed by atoms with Crippen LogP contribution < -0.4 is 11.1 Å². The van der Waals surface area contributed by atoms with Gasteiger partial charge in [-0.05, 0) is 53.6 Å². The highest BCUT2D eigenvalue weighted by atomic mass is 32.2. The molecule has 0 bridgehead atoms. The summed E-state index contributed by atoms with van der Waals surface area (Å²) in [5.41, 5.74) is 9.11. The van der Waals surface area contributed by atoms with Gasteiger partial charge < -0.3 is 25.8 Å². The summed E-state index contributed by atoms with van der Waals surface area (Å²) in [6.45, 7) is 3.78. The maximum Gasteiger partial charge on any atom is 0.408 e. The number of nitrogens with zero attached hydrogens (tertiary/aromatic N) is 1. The fraction of sp³-hybridized carbons (Fsp3) is 0.412. The molecule has 0 heterocycles. The number of unbranched alkanes of at least 4 members (excludes halogenated alkanes) is 1. The number of aliphatic hydroxyl groups is 1. The second-order valence-electron chi connectivity index (χ2n) is 11.0. The molecule has 244 valence electrons. The van der Waals surface area contributed by atoms with E-state index in [-0.39, 0.29) is 37.4 Å². The van der Waals surface area contributed by atoms with Crippen molar-refractivity contribution in [1.82, 2.24) is 10.2 Å². The summed E-state index contributed by atoms with van der Waals surface area (Å²) in [6.07, 6.45) is 0.100. The molecule has 2 amide bonds. The number of carbonyl (C=O) groups excluding carboxylic acids is 2. The molecule has 0 aliphatic rings. The first kappa shape index (κ1) is 35.8. The van der Waals surface area contributed by atoms with Crippen molar-refractivity contribution in [2.75, 3.05) is 18.1 Å². The number of alkyl carbamates (subject to hydrolysis) is 1. The van der Waals surface area contributed by atoms with E-state index in [0.717, 1.165) is 47.7 Å². The summed E-state index contributed by atoms with van der Waals surface area (Å²) in [5, 5.41) is 13.7. The zero-order chi connectivity index (χ0) is 32.8. The monoisotopic (exact) mass is 643 g/mol. The Kier molecular flexibility index (Phi) is 14.6. The second kappa shape index (κ2) is 18.3. The van der Waals surface area contributed by atoms with Gasteiger partial charge in [0.1, 0.15) is 24.3 Å². The molecule has 0 saturated carbocycles. The summed E-state index contributed by atoms with van der Waals surface area (Å²) in [6, 6.07) is 17.5. The lowest BCUT2D eigenvalue weighted by atomic mass is 10.0. The highest BCUT2D eigenvalue weighted by Gasteiger charge is 2.31. The van der Waals surface area contributed by atoms with Crippen molar-refractivity contribution < 1.29 is 32.4 Å². The Balaban J connectivity index is 1.83. The lowest BCUT2D eigenvalue weighted by molar-refractivity contribution is -0.135. The molecule has 4 atom stereocenters. The largest absolute Gasteiger partial charge is 0.445 e. The third-order valence-corrected chi connectivity index (χ3v) is 8.71. The number of aryl methyl sites for hydroxylation is 1. The van der Waals surface area contributed by atoms with Gasteiger partial charge in [0.05, 0.1) is 11.9 Å². The van der Waals surface area contributed by atoms with Crippen LogP contribution in [0, 0.1) is 11.6 Å². The summed E-state index contributed by atoms with van der Waals surface area (Å²) in [7, 11) is -1.42. The fourth-order valence-corrected chi connectivity index (χ4v) is 6.15. The van der Waals surface area contributed by atoms with Gasteiger partial charge >= 0.3 is 6.09 Å². The minimum Gasteiger partial charge on any atom is -0.445 e. The number of benzene rings is 3. The predicted molar refractivity (Wildman–Crippen MR) is 172 cm³/mol. The molecule has 4 N–H and O–H groups in total. The zero-order valence-electron chi connectivity index (χ0n) is 25.8. The van der Waals surface area contributed by atoms with Gasteiger partial charge in [-0.15, -0.1) is 0 Å². The van der Waals surface area contributed by atoms with Crippen LogP contribution in [0.3, 0.4) is 0 Å². The highest BCUT2D eigenvalue weighted by molar-refractivity contribution is 7.85. The fourth-order valence-electron chi connectivity index (χ4n) is 4.78. The number of aliphatic hydroxyl groups excluding tert-OH is 1. The van der Waals surface area contributed by atoms with Gasteiger partial charge in [-0.2, -0.15) is 0 Å². The molecular formula is C34H43F2N3O5S. The Labute approximate surface area is 266 Å². The van der Waals surface area contributed by atoms with E-state index < -0.39 is 52.6 Å². The van der Waals surface area contributed by atoms with Crippen LogP contribution in [0.1, 0.15) is 48.9 Å². The SMILES string of the molecule is CCCCS(=O)C[C@@H](NC(=O)OCc1ccccc1)C(=O)N(Cc1cccc(CC)c1)C[C@@H](O)[C@@H](N)Cc1cc(F)cc(F)c1. The summed E-state index contributed by atoms with van der Waals surface area (Å²) in [5.74, 6) is -1.87. The molecule has 45 heavy (non-hydrogen) atoms. The van der Waals surface area contributed by atoms with Crippen LogP contribution in [0.15, 0.2) is 72.8 Å². The molecule has 0 fully saturated rings. The van der Waals surface area contributed by atoms with Crippen LogP contribution in [-0.4, -0.2) is 62.5 Å². The molecular weight excluding hydrogens is 600 g/mol. The molecule has 11 heteroatoms. The number of hydrogen-bond acceptors (Lipinski definition) is 6. The first-order valence-corrected chi connectivity index (χ1v) is 16.6. The Hall–Kier alpha value is -3.67. The predicted octanol–water partition coefficient (Wildman–Crippen LogP) is 4.63. The number of carbonyl (C=O) groups is 2. The van der Waals surface area contributed by atoms with Crippen molar-refractivity contribution in [2.24, 2.45) is 5.73 Å². The van der Waals surface area contributed by atoms with E-state index in [1.165, 1.54) is 4.90 Å². The third-order valence-electron chi connectivity index (χ3n) is 7.26. The van der Waals surface area contributed by atoms with Crippen molar-refractivity contribution in [3.8, 4) is 0 Å². The van der Waals surface area contributed by atoms with Gasteiger partial charge in [0, 0.05) is 41.8 Å². The molecule has 0 aliphatic carbocycles. The van der Waals surface area contributed by atoms with Gasteiger partial charge in [-0.1, -0.05) is 74.9 Å². The van der Waals surface area contributed by atoms with Gasteiger partial charge in [0.15, 0.2) is 0 Å². The van der Waals surface area contributed by atoms with Crippen LogP contribution in [-0.2, 0) is 46.3 Å². The van der Waals surface area contributed by atoms with Crippen molar-refractivity contribution in [1.29, 1.82) is 0 Å². The number of hydrogen-bond donors (Lipinski definition) is 3. The molecule has 0 aromatic heterocycles. The number of nitrogens with two attached hydrogens (primary N) is 1. The molecule has 8 nitrogen and oxygen atoms in total. The van der Waals surface area contributed by atoms with Crippen LogP contribution in [0.5, 0.6) is 0 Å². The quantitative estimate of drug-likeness (QED) is 0.197. The van der Waals surface area contributed by atoms with Crippen molar-refractivity contribution in [3.05, 3.63) is 107 Å². The Morgan fingerprint density at radius 2 is 1.62 bits per heavy atom. The minimum absolute atomic E-state index is 0.0196. The lowest BCUT2D eigenvalue weighted by Crippen LogP contribution is -2.54. The van der Waals surface area contributed by atoms with E-state index in [0.29, 0.717) is 12.2 Å². The topological polar surface area (TPSA) is 122 Å². The van der Waals surface area contributed by atoms with E-state index in [9.17, 15) is 27.7 Å². The molecule has 3 rings (SSSR count). The standard InChI is InChI=1S/C34H43F2N3O5S/c1-3-5-14-45(43)23-31(38-34(42)44-22-25-10-7-6-8-11-25)33(41)39(20-26-13-9-12-24(4-2)15-26)21-32(40)30(37)18-27-16-28(35)19-29(36)17-27/h6-13,15-17,19,30-32,40H,3-5,14,18,20-23,37H2,1-2H3,(H,38,42)/t30-,31+,32+,45?/m0/s1. The van der Waals surface area contributed by atoms with Gasteiger partial charge in [0.25, 0.3) is 0 Å².